The molecular formula is C22H29N3O2. The number of hydrogen-bond acceptors (Lipinski definition) is 2. The van der Waals surface area contributed by atoms with Crippen LogP contribution in [0.25, 0.3) is 10.9 Å². The Hall–Kier alpha value is -2.30. The Kier molecular flexibility index (Phi) is 5.46. The molecule has 4 rings (SSSR count). The number of benzene rings is 1. The fraction of sp³-hybridized carbons (Fsp3) is 0.545. The molecule has 2 aromatic rings. The number of fused-ring (bicyclic) bond motifs is 1. The van der Waals surface area contributed by atoms with Crippen LogP contribution in [0.3, 0.4) is 0 Å². The molecule has 1 N–H and O–H groups in total. The second kappa shape index (κ2) is 8.15. The molecule has 5 heteroatoms. The highest BCUT2D eigenvalue weighted by atomic mass is 16.2. The van der Waals surface area contributed by atoms with E-state index in [0.717, 1.165) is 48.8 Å². The van der Waals surface area contributed by atoms with E-state index in [4.69, 9.17) is 0 Å². The van der Waals surface area contributed by atoms with E-state index in [1.165, 1.54) is 19.3 Å². The predicted molar refractivity (Wildman–Crippen MR) is 106 cm³/mol. The zero-order valence-electron chi connectivity index (χ0n) is 16.0. The van der Waals surface area contributed by atoms with E-state index in [0.29, 0.717) is 25.4 Å². The lowest BCUT2D eigenvalue weighted by molar-refractivity contribution is -0.137. The first-order valence-electron chi connectivity index (χ1n) is 10.3. The van der Waals surface area contributed by atoms with Crippen molar-refractivity contribution in [2.24, 2.45) is 5.92 Å². The lowest BCUT2D eigenvalue weighted by Crippen LogP contribution is -2.40. The molecule has 1 aliphatic carbocycles. The van der Waals surface area contributed by atoms with E-state index < -0.39 is 0 Å². The molecule has 0 radical (unpaired) electrons. The van der Waals surface area contributed by atoms with Gasteiger partial charge in [-0.1, -0.05) is 37.5 Å². The van der Waals surface area contributed by atoms with Gasteiger partial charge in [0.25, 0.3) is 0 Å². The Labute approximate surface area is 160 Å². The molecule has 1 aromatic carbocycles. The third-order valence-corrected chi connectivity index (χ3v) is 6.13. The molecule has 0 atom stereocenters. The van der Waals surface area contributed by atoms with Crippen LogP contribution in [0.4, 0.5) is 0 Å². The van der Waals surface area contributed by atoms with Gasteiger partial charge in [0.1, 0.15) is 0 Å². The topological polar surface area (TPSA) is 56.4 Å². The van der Waals surface area contributed by atoms with Crippen molar-refractivity contribution < 1.29 is 9.59 Å². The highest BCUT2D eigenvalue weighted by Crippen LogP contribution is 2.26. The molecule has 1 aliphatic heterocycles. The molecule has 0 spiro atoms. The molecule has 2 amide bonds. The lowest BCUT2D eigenvalue weighted by atomic mass is 9.88. The molecule has 2 fully saturated rings. The average molecular weight is 367 g/mol. The normalized spacial score (nSPS) is 19.3. The number of aromatic nitrogens is 1. The second-order valence-electron chi connectivity index (χ2n) is 7.93. The van der Waals surface area contributed by atoms with Crippen LogP contribution in [0.1, 0.15) is 44.1 Å². The van der Waals surface area contributed by atoms with Crippen LogP contribution in [0.5, 0.6) is 0 Å². The van der Waals surface area contributed by atoms with Gasteiger partial charge in [0, 0.05) is 49.2 Å². The minimum atomic E-state index is 0.159. The van der Waals surface area contributed by atoms with Crippen molar-refractivity contribution in [1.29, 1.82) is 0 Å². The minimum absolute atomic E-state index is 0.159. The molecule has 0 bridgehead atoms. The Morgan fingerprint density at radius 3 is 2.52 bits per heavy atom. The van der Waals surface area contributed by atoms with Crippen molar-refractivity contribution in [3.05, 3.63) is 36.0 Å². The minimum Gasteiger partial charge on any atom is -0.361 e. The number of hydrogen-bond donors (Lipinski definition) is 1. The quantitative estimate of drug-likeness (QED) is 0.904. The summed E-state index contributed by atoms with van der Waals surface area (Å²) in [6, 6.07) is 8.09. The van der Waals surface area contributed by atoms with E-state index in [-0.39, 0.29) is 11.8 Å². The zero-order chi connectivity index (χ0) is 18.6. The number of para-hydroxylation sites is 1. The maximum absolute atomic E-state index is 12.8. The van der Waals surface area contributed by atoms with Gasteiger partial charge in [0.05, 0.1) is 6.42 Å². The number of nitrogens with zero attached hydrogens (tertiary/aromatic N) is 2. The smallest absolute Gasteiger partial charge is 0.227 e. The first kappa shape index (κ1) is 18.1. The SMILES string of the molecule is O=C(Cc1c[nH]c2ccccc12)N1CCCN(C(=O)C2CCCCC2)CC1. The lowest BCUT2D eigenvalue weighted by Gasteiger charge is -2.28. The van der Waals surface area contributed by atoms with Crippen LogP contribution in [0, 0.1) is 5.92 Å². The third kappa shape index (κ3) is 4.02. The monoisotopic (exact) mass is 367 g/mol. The van der Waals surface area contributed by atoms with Gasteiger partial charge in [-0.2, -0.15) is 0 Å². The van der Waals surface area contributed by atoms with Crippen LogP contribution in [-0.2, 0) is 16.0 Å². The standard InChI is InChI=1S/C22H29N3O2/c26-21(15-18-16-23-20-10-5-4-9-19(18)20)24-11-6-12-25(14-13-24)22(27)17-7-2-1-3-8-17/h4-5,9-10,16-17,23H,1-3,6-8,11-15H2. The van der Waals surface area contributed by atoms with Gasteiger partial charge < -0.3 is 14.8 Å². The average Bonchev–Trinajstić information content (AvgIpc) is 2.95. The van der Waals surface area contributed by atoms with Gasteiger partial charge >= 0.3 is 0 Å². The van der Waals surface area contributed by atoms with Crippen LogP contribution < -0.4 is 0 Å². The number of carbonyl (C=O) groups excluding carboxylic acids is 2. The van der Waals surface area contributed by atoms with Crippen LogP contribution >= 0.6 is 0 Å². The predicted octanol–water partition coefficient (Wildman–Crippen LogP) is 3.35. The number of carbonyl (C=O) groups is 2. The van der Waals surface area contributed by atoms with E-state index in [9.17, 15) is 9.59 Å². The maximum Gasteiger partial charge on any atom is 0.227 e. The van der Waals surface area contributed by atoms with Crippen molar-refractivity contribution >= 4 is 22.7 Å². The van der Waals surface area contributed by atoms with Crippen LogP contribution in [-0.4, -0.2) is 52.8 Å². The molecule has 5 nitrogen and oxygen atoms in total. The molecule has 1 saturated heterocycles. The summed E-state index contributed by atoms with van der Waals surface area (Å²) in [7, 11) is 0. The van der Waals surface area contributed by atoms with Gasteiger partial charge in [0.2, 0.25) is 11.8 Å². The summed E-state index contributed by atoms with van der Waals surface area (Å²) in [5.41, 5.74) is 2.12. The van der Waals surface area contributed by atoms with E-state index in [2.05, 4.69) is 11.1 Å². The second-order valence-corrected chi connectivity index (χ2v) is 7.93. The van der Waals surface area contributed by atoms with Crippen molar-refractivity contribution in [3.63, 3.8) is 0 Å². The largest absolute Gasteiger partial charge is 0.361 e. The van der Waals surface area contributed by atoms with E-state index in [1.807, 2.05) is 34.2 Å². The van der Waals surface area contributed by atoms with Crippen LogP contribution in [0.2, 0.25) is 0 Å². The van der Waals surface area contributed by atoms with Crippen molar-refractivity contribution in [2.45, 2.75) is 44.9 Å². The number of aromatic amines is 1. The molecule has 2 aliphatic rings. The molecule has 0 unspecified atom stereocenters. The Morgan fingerprint density at radius 1 is 0.926 bits per heavy atom. The molecule has 144 valence electrons. The number of H-pyrrole nitrogens is 1. The Bertz CT molecular complexity index is 807. The van der Waals surface area contributed by atoms with Gasteiger partial charge in [-0.25, -0.2) is 0 Å². The molecule has 27 heavy (non-hydrogen) atoms. The van der Waals surface area contributed by atoms with Crippen molar-refractivity contribution in [3.8, 4) is 0 Å². The zero-order valence-corrected chi connectivity index (χ0v) is 16.0. The van der Waals surface area contributed by atoms with Crippen LogP contribution in [0.15, 0.2) is 30.5 Å². The summed E-state index contributed by atoms with van der Waals surface area (Å²) >= 11 is 0. The summed E-state index contributed by atoms with van der Waals surface area (Å²) in [5, 5.41) is 1.12. The van der Waals surface area contributed by atoms with E-state index >= 15 is 0 Å². The maximum atomic E-state index is 12.8. The Morgan fingerprint density at radius 2 is 1.67 bits per heavy atom. The summed E-state index contributed by atoms with van der Waals surface area (Å²) in [5.74, 6) is 0.694. The van der Waals surface area contributed by atoms with Gasteiger partial charge in [0.15, 0.2) is 0 Å². The summed E-state index contributed by atoms with van der Waals surface area (Å²) in [6.45, 7) is 2.86. The Balaban J connectivity index is 1.36. The molecule has 1 saturated carbocycles. The summed E-state index contributed by atoms with van der Waals surface area (Å²) in [6.07, 6.45) is 8.94. The first-order valence-corrected chi connectivity index (χ1v) is 10.3. The number of rotatable bonds is 3. The first-order chi connectivity index (χ1) is 13.2. The third-order valence-electron chi connectivity index (χ3n) is 6.13. The molecule has 1 aromatic heterocycles. The summed E-state index contributed by atoms with van der Waals surface area (Å²) < 4.78 is 0. The van der Waals surface area contributed by atoms with Crippen molar-refractivity contribution in [2.75, 3.05) is 26.2 Å². The highest BCUT2D eigenvalue weighted by molar-refractivity contribution is 5.89. The van der Waals surface area contributed by atoms with Crippen molar-refractivity contribution in [1.82, 2.24) is 14.8 Å². The van der Waals surface area contributed by atoms with Gasteiger partial charge in [-0.3, -0.25) is 9.59 Å². The molecule has 2 heterocycles. The molecular weight excluding hydrogens is 338 g/mol. The highest BCUT2D eigenvalue weighted by Gasteiger charge is 2.28. The fourth-order valence-electron chi connectivity index (χ4n) is 4.55. The summed E-state index contributed by atoms with van der Waals surface area (Å²) in [4.78, 5) is 32.8. The van der Waals surface area contributed by atoms with Gasteiger partial charge in [-0.05, 0) is 30.9 Å². The number of nitrogens with one attached hydrogen (secondary N) is 1. The number of amides is 2. The van der Waals surface area contributed by atoms with Gasteiger partial charge in [-0.15, -0.1) is 0 Å². The van der Waals surface area contributed by atoms with E-state index in [1.54, 1.807) is 0 Å². The fourth-order valence-corrected chi connectivity index (χ4v) is 4.55.